The van der Waals surface area contributed by atoms with Crippen molar-refractivity contribution in [3.8, 4) is 0 Å². The minimum atomic E-state index is -0.343. The van der Waals surface area contributed by atoms with Crippen molar-refractivity contribution in [2.45, 2.75) is 32.1 Å². The highest BCUT2D eigenvalue weighted by atomic mass is 16.4. The fraction of sp³-hybridized carbons (Fsp3) is 0.846. The van der Waals surface area contributed by atoms with Gasteiger partial charge in [0.25, 0.3) is 5.91 Å². The normalized spacial score (nSPS) is 11.3. The van der Waals surface area contributed by atoms with Crippen LogP contribution < -0.4 is 10.6 Å². The molecule has 0 saturated heterocycles. The minimum Gasteiger partial charge on any atom is -0.411 e. The van der Waals surface area contributed by atoms with Crippen molar-refractivity contribution in [3.63, 3.8) is 0 Å². The van der Waals surface area contributed by atoms with E-state index >= 15 is 0 Å². The zero-order valence-electron chi connectivity index (χ0n) is 12.2. The Bertz CT molecular complexity index is 245. The van der Waals surface area contributed by atoms with Gasteiger partial charge >= 0.3 is 0 Å². The van der Waals surface area contributed by atoms with Crippen LogP contribution in [0.3, 0.4) is 0 Å². The number of oxime groups is 1. The van der Waals surface area contributed by atoms with Gasteiger partial charge in [-0.2, -0.15) is 0 Å². The Labute approximate surface area is 116 Å². The highest BCUT2D eigenvalue weighted by Crippen LogP contribution is 1.97. The second-order valence-electron chi connectivity index (χ2n) is 4.86. The molecule has 0 unspecified atom stereocenters. The van der Waals surface area contributed by atoms with Gasteiger partial charge in [0.15, 0.2) is 0 Å². The maximum atomic E-state index is 10.9. The van der Waals surface area contributed by atoms with E-state index in [-0.39, 0.29) is 5.91 Å². The summed E-state index contributed by atoms with van der Waals surface area (Å²) in [5.74, 6) is -0.343. The maximum Gasteiger partial charge on any atom is 0.265 e. The molecule has 6 nitrogen and oxygen atoms in total. The molecule has 1 amide bonds. The van der Waals surface area contributed by atoms with E-state index in [0.717, 1.165) is 38.7 Å². The number of rotatable bonds is 12. The largest absolute Gasteiger partial charge is 0.411 e. The number of carbonyl (C=O) groups is 1. The third-order valence-electron chi connectivity index (χ3n) is 2.71. The van der Waals surface area contributed by atoms with Crippen molar-refractivity contribution in [1.29, 1.82) is 0 Å². The zero-order valence-corrected chi connectivity index (χ0v) is 12.2. The number of hydrogen-bond acceptors (Lipinski definition) is 5. The first-order valence-corrected chi connectivity index (χ1v) is 6.97. The topological polar surface area (TPSA) is 77.0 Å². The summed E-state index contributed by atoms with van der Waals surface area (Å²) < 4.78 is 0. The number of amides is 1. The molecule has 0 rings (SSSR count). The average molecular weight is 272 g/mol. The summed E-state index contributed by atoms with van der Waals surface area (Å²) >= 11 is 0. The molecule has 0 aliphatic carbocycles. The third-order valence-corrected chi connectivity index (χ3v) is 2.71. The van der Waals surface area contributed by atoms with Crippen LogP contribution in [-0.4, -0.2) is 62.5 Å². The fourth-order valence-electron chi connectivity index (χ4n) is 1.68. The predicted molar refractivity (Wildman–Crippen MR) is 77.8 cm³/mol. The van der Waals surface area contributed by atoms with E-state index in [1.165, 1.54) is 19.3 Å². The summed E-state index contributed by atoms with van der Waals surface area (Å²) in [6, 6.07) is 0. The molecule has 0 aromatic carbocycles. The SMILES string of the molecule is CN(C)CCCNCCCCCCNC(=O)/C=N/O. The number of unbranched alkanes of at least 4 members (excludes halogenated alkanes) is 3. The van der Waals surface area contributed by atoms with Gasteiger partial charge in [-0.1, -0.05) is 18.0 Å². The summed E-state index contributed by atoms with van der Waals surface area (Å²) in [7, 11) is 4.18. The van der Waals surface area contributed by atoms with Crippen LogP contribution in [-0.2, 0) is 4.79 Å². The Balaban J connectivity index is 3.09. The van der Waals surface area contributed by atoms with Crippen LogP contribution in [0.2, 0.25) is 0 Å². The number of nitrogens with one attached hydrogen (secondary N) is 2. The maximum absolute atomic E-state index is 10.9. The molecule has 112 valence electrons. The van der Waals surface area contributed by atoms with E-state index in [0.29, 0.717) is 6.54 Å². The van der Waals surface area contributed by atoms with Crippen LogP contribution in [0.4, 0.5) is 0 Å². The van der Waals surface area contributed by atoms with Gasteiger partial charge in [-0.15, -0.1) is 0 Å². The zero-order chi connectivity index (χ0) is 14.3. The average Bonchev–Trinajstić information content (AvgIpc) is 2.36. The van der Waals surface area contributed by atoms with E-state index in [1.54, 1.807) is 0 Å². The standard InChI is InChI=1S/C13H28N4O2/c1-17(2)11-7-9-14-8-5-3-4-6-10-15-13(18)12-16-19/h12,14,19H,3-11H2,1-2H3,(H,15,18)/b16-12+. The van der Waals surface area contributed by atoms with Gasteiger partial charge in [-0.05, 0) is 53.0 Å². The second-order valence-corrected chi connectivity index (χ2v) is 4.86. The van der Waals surface area contributed by atoms with Crippen LogP contribution in [0.25, 0.3) is 0 Å². The van der Waals surface area contributed by atoms with Gasteiger partial charge in [-0.3, -0.25) is 4.79 Å². The predicted octanol–water partition coefficient (Wildman–Crippen LogP) is 0.664. The fourth-order valence-corrected chi connectivity index (χ4v) is 1.68. The molecule has 0 bridgehead atoms. The molecule has 0 radical (unpaired) electrons. The van der Waals surface area contributed by atoms with E-state index in [9.17, 15) is 4.79 Å². The van der Waals surface area contributed by atoms with Gasteiger partial charge in [0, 0.05) is 6.54 Å². The molecule has 0 aromatic rings. The summed E-state index contributed by atoms with van der Waals surface area (Å²) in [4.78, 5) is 13.1. The van der Waals surface area contributed by atoms with Crippen LogP contribution in [0, 0.1) is 0 Å². The molecule has 0 saturated carbocycles. The molecule has 0 heterocycles. The Hall–Kier alpha value is -1.14. The third kappa shape index (κ3) is 14.8. The Morgan fingerprint density at radius 1 is 1.11 bits per heavy atom. The first-order chi connectivity index (χ1) is 9.16. The van der Waals surface area contributed by atoms with Gasteiger partial charge in [-0.25, -0.2) is 0 Å². The van der Waals surface area contributed by atoms with Crippen LogP contribution in [0.5, 0.6) is 0 Å². The summed E-state index contributed by atoms with van der Waals surface area (Å²) in [6.45, 7) is 3.91. The Morgan fingerprint density at radius 2 is 1.74 bits per heavy atom. The van der Waals surface area contributed by atoms with E-state index in [2.05, 4.69) is 34.8 Å². The van der Waals surface area contributed by atoms with Crippen molar-refractivity contribution in [1.82, 2.24) is 15.5 Å². The first kappa shape index (κ1) is 17.9. The Morgan fingerprint density at radius 3 is 2.37 bits per heavy atom. The molecule has 19 heavy (non-hydrogen) atoms. The van der Waals surface area contributed by atoms with Crippen molar-refractivity contribution in [3.05, 3.63) is 0 Å². The number of hydrogen-bond donors (Lipinski definition) is 3. The van der Waals surface area contributed by atoms with Crippen LogP contribution >= 0.6 is 0 Å². The molecular formula is C13H28N4O2. The lowest BCUT2D eigenvalue weighted by Crippen LogP contribution is -2.25. The molecule has 6 heteroatoms. The lowest BCUT2D eigenvalue weighted by atomic mass is 10.2. The van der Waals surface area contributed by atoms with Gasteiger partial charge in [0.2, 0.25) is 0 Å². The van der Waals surface area contributed by atoms with Crippen molar-refractivity contribution < 1.29 is 10.0 Å². The van der Waals surface area contributed by atoms with Crippen LogP contribution in [0.15, 0.2) is 5.16 Å². The molecule has 0 atom stereocenters. The molecule has 0 spiro atoms. The lowest BCUT2D eigenvalue weighted by Gasteiger charge is -2.09. The van der Waals surface area contributed by atoms with E-state index in [1.807, 2.05) is 0 Å². The smallest absolute Gasteiger partial charge is 0.265 e. The monoisotopic (exact) mass is 272 g/mol. The highest BCUT2D eigenvalue weighted by molar-refractivity contribution is 6.25. The Kier molecular flexibility index (Phi) is 12.5. The molecule has 0 aromatic heterocycles. The minimum absolute atomic E-state index is 0.343. The number of nitrogens with zero attached hydrogens (tertiary/aromatic N) is 2. The van der Waals surface area contributed by atoms with Crippen molar-refractivity contribution >= 4 is 12.1 Å². The van der Waals surface area contributed by atoms with Gasteiger partial charge < -0.3 is 20.7 Å². The molecule has 0 aliphatic heterocycles. The summed E-state index contributed by atoms with van der Waals surface area (Å²) in [5.41, 5.74) is 0. The van der Waals surface area contributed by atoms with Gasteiger partial charge in [0.05, 0.1) is 0 Å². The van der Waals surface area contributed by atoms with Crippen molar-refractivity contribution in [2.24, 2.45) is 5.16 Å². The lowest BCUT2D eigenvalue weighted by molar-refractivity contribution is -0.114. The molecule has 0 aliphatic rings. The van der Waals surface area contributed by atoms with Crippen LogP contribution in [0.1, 0.15) is 32.1 Å². The number of carbonyl (C=O) groups excluding carboxylic acids is 1. The van der Waals surface area contributed by atoms with E-state index < -0.39 is 0 Å². The molecule has 3 N–H and O–H groups in total. The summed E-state index contributed by atoms with van der Waals surface area (Å²) in [5, 5.41) is 16.9. The molecular weight excluding hydrogens is 244 g/mol. The second kappa shape index (κ2) is 13.3. The molecule has 0 fully saturated rings. The van der Waals surface area contributed by atoms with Gasteiger partial charge in [0.1, 0.15) is 6.21 Å². The quantitative estimate of drug-likeness (QED) is 0.211. The summed E-state index contributed by atoms with van der Waals surface area (Å²) in [6.07, 6.45) is 6.48. The first-order valence-electron chi connectivity index (χ1n) is 6.97. The van der Waals surface area contributed by atoms with E-state index in [4.69, 9.17) is 5.21 Å². The highest BCUT2D eigenvalue weighted by Gasteiger charge is 1.95. The van der Waals surface area contributed by atoms with Crippen molar-refractivity contribution in [2.75, 3.05) is 40.3 Å².